The minimum atomic E-state index is -0.545. The molecule has 1 amide bonds. The molecule has 0 aliphatic heterocycles. The number of hydrogen-bond donors (Lipinski definition) is 2. The normalized spacial score (nSPS) is 12.0. The summed E-state index contributed by atoms with van der Waals surface area (Å²) >= 11 is 0. The van der Waals surface area contributed by atoms with Crippen molar-refractivity contribution >= 4 is 17.6 Å². The molecule has 0 bridgehead atoms. The zero-order valence-electron chi connectivity index (χ0n) is 17.6. The number of pyridine rings is 1. The van der Waals surface area contributed by atoms with Gasteiger partial charge in [-0.3, -0.25) is 14.9 Å². The third kappa shape index (κ3) is 6.17. The number of aryl methyl sites for hydroxylation is 1. The van der Waals surface area contributed by atoms with Crippen molar-refractivity contribution in [3.63, 3.8) is 0 Å². The first-order valence-electron chi connectivity index (χ1n) is 10.3. The molecule has 0 fully saturated rings. The van der Waals surface area contributed by atoms with E-state index in [0.717, 1.165) is 50.1 Å². The number of carbonyl (C=O) groups is 1. The van der Waals surface area contributed by atoms with Gasteiger partial charge in [0.05, 0.1) is 11.4 Å². The maximum atomic E-state index is 11.2. The Kier molecular flexibility index (Phi) is 8.67. The average Bonchev–Trinajstić information content (AvgIpc) is 3.03. The molecule has 6 heteroatoms. The quantitative estimate of drug-likeness (QED) is 0.347. The van der Waals surface area contributed by atoms with Crippen LogP contribution in [0.1, 0.15) is 63.9 Å². The summed E-state index contributed by atoms with van der Waals surface area (Å²) in [5.41, 5.74) is 5.80. The van der Waals surface area contributed by atoms with E-state index >= 15 is 0 Å². The number of nitrogens with zero attached hydrogens (tertiary/aromatic N) is 3. The predicted molar refractivity (Wildman–Crippen MR) is 113 cm³/mol. The maximum absolute atomic E-state index is 11.2. The number of imidazole rings is 1. The van der Waals surface area contributed by atoms with Gasteiger partial charge in [0.15, 0.2) is 0 Å². The number of unbranched alkanes of at least 4 members (excludes halogenated alkanes) is 1. The van der Waals surface area contributed by atoms with Crippen molar-refractivity contribution in [2.24, 2.45) is 5.92 Å². The summed E-state index contributed by atoms with van der Waals surface area (Å²) in [5.74, 6) is 0.151. The highest BCUT2D eigenvalue weighted by Gasteiger charge is 2.15. The van der Waals surface area contributed by atoms with E-state index in [1.54, 1.807) is 11.6 Å². The Morgan fingerprint density at radius 2 is 2.18 bits per heavy atom. The zero-order valence-corrected chi connectivity index (χ0v) is 17.6. The smallest absolute Gasteiger partial charge is 0.267 e. The van der Waals surface area contributed by atoms with E-state index in [-0.39, 0.29) is 0 Å². The number of nitrogens with one attached hydrogen (secondary N) is 1. The molecule has 0 aliphatic rings. The fraction of sp³-hybridized carbons (Fsp3) is 0.545. The van der Waals surface area contributed by atoms with Crippen molar-refractivity contribution < 1.29 is 10.0 Å². The fourth-order valence-electron chi connectivity index (χ4n) is 3.19. The first-order valence-corrected chi connectivity index (χ1v) is 10.3. The van der Waals surface area contributed by atoms with E-state index in [4.69, 9.17) is 10.2 Å². The molecule has 0 spiro atoms. The minimum Gasteiger partial charge on any atom is -0.302 e. The van der Waals surface area contributed by atoms with Crippen LogP contribution in [0.5, 0.6) is 0 Å². The lowest BCUT2D eigenvalue weighted by molar-refractivity contribution is -0.124. The van der Waals surface area contributed by atoms with Crippen LogP contribution < -0.4 is 5.48 Å². The molecular formula is C22H34N4O2. The van der Waals surface area contributed by atoms with Crippen LogP contribution in [0.2, 0.25) is 0 Å². The Morgan fingerprint density at radius 3 is 2.82 bits per heavy atom. The van der Waals surface area contributed by atoms with Gasteiger partial charge < -0.3 is 4.40 Å². The molecule has 0 radical (unpaired) electrons. The lowest BCUT2D eigenvalue weighted by atomic mass is 10.1. The predicted octanol–water partition coefficient (Wildman–Crippen LogP) is 4.06. The van der Waals surface area contributed by atoms with Gasteiger partial charge in [0.25, 0.3) is 5.91 Å². The second kappa shape index (κ2) is 11.0. The second-order valence-corrected chi connectivity index (χ2v) is 7.66. The van der Waals surface area contributed by atoms with Crippen molar-refractivity contribution in [3.05, 3.63) is 41.4 Å². The molecule has 0 aromatic carbocycles. The largest absolute Gasteiger partial charge is 0.302 e. The summed E-state index contributed by atoms with van der Waals surface area (Å²) in [5, 5.41) is 8.62. The molecule has 6 nitrogen and oxygen atoms in total. The molecule has 0 atom stereocenters. The summed E-state index contributed by atoms with van der Waals surface area (Å²) < 4.78 is 2.17. The summed E-state index contributed by atoms with van der Waals surface area (Å²) in [6.07, 6.45) is 9.44. The lowest BCUT2D eigenvalue weighted by Gasteiger charge is -2.22. The minimum absolute atomic E-state index is 0.545. The average molecular weight is 387 g/mol. The van der Waals surface area contributed by atoms with E-state index < -0.39 is 5.91 Å². The van der Waals surface area contributed by atoms with Gasteiger partial charge in [0.2, 0.25) is 0 Å². The Hall–Kier alpha value is -2.18. The number of hydrogen-bond acceptors (Lipinski definition) is 4. The van der Waals surface area contributed by atoms with Crippen LogP contribution in [0.4, 0.5) is 0 Å². The molecule has 0 unspecified atom stereocenters. The first-order chi connectivity index (χ1) is 13.5. The highest BCUT2D eigenvalue weighted by molar-refractivity contribution is 5.90. The lowest BCUT2D eigenvalue weighted by Crippen LogP contribution is -2.26. The molecule has 2 aromatic rings. The summed E-state index contributed by atoms with van der Waals surface area (Å²) in [7, 11) is 0. The third-order valence-corrected chi connectivity index (χ3v) is 4.98. The number of aromatic nitrogens is 2. The van der Waals surface area contributed by atoms with Crippen molar-refractivity contribution in [1.29, 1.82) is 0 Å². The number of fused-ring (bicyclic) bond motifs is 1. The van der Waals surface area contributed by atoms with Gasteiger partial charge in [-0.15, -0.1) is 0 Å². The van der Waals surface area contributed by atoms with Crippen LogP contribution in [0.15, 0.2) is 24.4 Å². The molecule has 0 saturated carbocycles. The number of amides is 1. The fourth-order valence-corrected chi connectivity index (χ4v) is 3.19. The van der Waals surface area contributed by atoms with E-state index in [9.17, 15) is 4.79 Å². The van der Waals surface area contributed by atoms with Gasteiger partial charge in [-0.05, 0) is 62.0 Å². The molecular weight excluding hydrogens is 352 g/mol. The molecule has 2 heterocycles. The third-order valence-electron chi connectivity index (χ3n) is 4.98. The summed E-state index contributed by atoms with van der Waals surface area (Å²) in [4.78, 5) is 18.6. The first kappa shape index (κ1) is 22.1. The maximum Gasteiger partial charge on any atom is 0.267 e. The molecule has 0 aliphatic carbocycles. The van der Waals surface area contributed by atoms with Gasteiger partial charge in [-0.2, -0.15) is 0 Å². The van der Waals surface area contributed by atoms with Gasteiger partial charge in [-0.25, -0.2) is 10.5 Å². The van der Waals surface area contributed by atoms with Crippen molar-refractivity contribution in [2.75, 3.05) is 13.1 Å². The van der Waals surface area contributed by atoms with Crippen molar-refractivity contribution in [3.8, 4) is 0 Å². The number of rotatable bonds is 11. The molecule has 2 aromatic heterocycles. The molecule has 154 valence electrons. The molecule has 28 heavy (non-hydrogen) atoms. The van der Waals surface area contributed by atoms with Crippen molar-refractivity contribution in [2.45, 2.75) is 59.9 Å². The monoisotopic (exact) mass is 386 g/mol. The number of carbonyl (C=O) groups excluding carboxylic acids is 1. The SMILES string of the molecule is CCCCc1nc2cc(C=CC(=O)NO)ccn2c1CN(CC)CCC(C)C. The second-order valence-electron chi connectivity index (χ2n) is 7.66. The molecule has 2 N–H and O–H groups in total. The van der Waals surface area contributed by atoms with E-state index in [0.29, 0.717) is 5.92 Å². The van der Waals surface area contributed by atoms with Crippen LogP contribution in [-0.4, -0.2) is 38.5 Å². The summed E-state index contributed by atoms with van der Waals surface area (Å²) in [6, 6.07) is 3.94. The van der Waals surface area contributed by atoms with Crippen molar-refractivity contribution in [1.82, 2.24) is 19.8 Å². The van der Waals surface area contributed by atoms with E-state index in [2.05, 4.69) is 37.0 Å². The Bertz CT molecular complexity index is 795. The van der Waals surface area contributed by atoms with Crippen LogP contribution >= 0.6 is 0 Å². The molecule has 2 rings (SSSR count). The van der Waals surface area contributed by atoms with E-state index in [1.165, 1.54) is 23.9 Å². The van der Waals surface area contributed by atoms with Crippen LogP contribution in [-0.2, 0) is 17.8 Å². The Labute approximate surface area is 168 Å². The highest BCUT2D eigenvalue weighted by atomic mass is 16.5. The topological polar surface area (TPSA) is 69.9 Å². The molecule has 0 saturated heterocycles. The van der Waals surface area contributed by atoms with Gasteiger partial charge in [0.1, 0.15) is 5.65 Å². The van der Waals surface area contributed by atoms with Gasteiger partial charge >= 0.3 is 0 Å². The summed E-state index contributed by atoms with van der Waals surface area (Å²) in [6.45, 7) is 11.9. The van der Waals surface area contributed by atoms with Gasteiger partial charge in [0, 0.05) is 18.8 Å². The Balaban J connectivity index is 2.32. The van der Waals surface area contributed by atoms with Crippen LogP contribution in [0.25, 0.3) is 11.7 Å². The standard InChI is InChI=1S/C22H34N4O2/c1-5-7-8-19-20(16-25(6-2)13-11-17(3)4)26-14-12-18(15-21(26)23-19)9-10-22(27)24-28/h9-10,12,14-15,17,28H,5-8,11,13,16H2,1-4H3,(H,24,27). The Morgan fingerprint density at radius 1 is 1.39 bits per heavy atom. The van der Waals surface area contributed by atoms with Crippen LogP contribution in [0, 0.1) is 5.92 Å². The number of hydroxylamine groups is 1. The van der Waals surface area contributed by atoms with Gasteiger partial charge in [-0.1, -0.05) is 34.1 Å². The zero-order chi connectivity index (χ0) is 20.5. The van der Waals surface area contributed by atoms with Crippen LogP contribution in [0.3, 0.4) is 0 Å². The highest BCUT2D eigenvalue weighted by Crippen LogP contribution is 2.19. The van der Waals surface area contributed by atoms with E-state index in [1.807, 2.05) is 18.3 Å².